The molecule has 0 saturated carbocycles. The molecule has 2 unspecified atom stereocenters. The number of primary amides is 1. The number of rotatable bonds is 11. The van der Waals surface area contributed by atoms with Crippen LogP contribution in [0.25, 0.3) is 0 Å². The van der Waals surface area contributed by atoms with E-state index in [0.29, 0.717) is 17.0 Å². The van der Waals surface area contributed by atoms with Crippen molar-refractivity contribution in [1.82, 2.24) is 10.2 Å². The Labute approximate surface area is 228 Å². The standard InChI is InChI=1S/C28H36N4O7/c1-7-15-32(26(36)21(16-22(29)33)31-27(37)39-28(3,4)5)23(20-10-8-9-17(2)24(20)34)25(35)30-18-11-13-19(38-6)14-12-18/h7-14,21,23,34H,1,15-16H2,2-6H3,(H2,29,33)(H,30,35)(H,31,37). The fraction of sp³-hybridized carbons (Fsp3) is 0.357. The summed E-state index contributed by atoms with van der Waals surface area (Å²) in [5.74, 6) is -1.95. The first kappa shape index (κ1) is 30.7. The molecule has 2 aromatic carbocycles. The lowest BCUT2D eigenvalue weighted by atomic mass is 9.98. The molecule has 0 aliphatic carbocycles. The van der Waals surface area contributed by atoms with Gasteiger partial charge in [0.2, 0.25) is 11.8 Å². The van der Waals surface area contributed by atoms with E-state index >= 15 is 0 Å². The van der Waals surface area contributed by atoms with Crippen molar-refractivity contribution in [2.75, 3.05) is 19.0 Å². The molecule has 0 fully saturated rings. The van der Waals surface area contributed by atoms with E-state index in [-0.39, 0.29) is 17.9 Å². The van der Waals surface area contributed by atoms with E-state index in [0.717, 1.165) is 4.90 Å². The van der Waals surface area contributed by atoms with Crippen LogP contribution in [0, 0.1) is 6.92 Å². The minimum absolute atomic E-state index is 0.131. The van der Waals surface area contributed by atoms with Gasteiger partial charge in [-0.15, -0.1) is 6.58 Å². The van der Waals surface area contributed by atoms with Gasteiger partial charge in [0.15, 0.2) is 0 Å². The number of ether oxygens (including phenoxy) is 2. The molecule has 0 heterocycles. The number of aromatic hydroxyl groups is 1. The normalized spacial score (nSPS) is 12.4. The number of nitrogens with two attached hydrogens (primary N) is 1. The number of phenols is 1. The molecule has 11 nitrogen and oxygen atoms in total. The summed E-state index contributed by atoms with van der Waals surface area (Å²) >= 11 is 0. The van der Waals surface area contributed by atoms with E-state index in [1.165, 1.54) is 19.3 Å². The fourth-order valence-electron chi connectivity index (χ4n) is 3.75. The first-order valence-corrected chi connectivity index (χ1v) is 12.2. The van der Waals surface area contributed by atoms with Crippen LogP contribution in [0.3, 0.4) is 0 Å². The predicted molar refractivity (Wildman–Crippen MR) is 146 cm³/mol. The van der Waals surface area contributed by atoms with E-state index in [1.54, 1.807) is 64.1 Å². The molecular formula is C28H36N4O7. The summed E-state index contributed by atoms with van der Waals surface area (Å²) in [7, 11) is 1.51. The van der Waals surface area contributed by atoms with Crippen LogP contribution >= 0.6 is 0 Å². The number of aryl methyl sites for hydroxylation is 1. The lowest BCUT2D eigenvalue weighted by Gasteiger charge is -2.34. The minimum Gasteiger partial charge on any atom is -0.507 e. The Bertz CT molecular complexity index is 1210. The average Bonchev–Trinajstić information content (AvgIpc) is 2.84. The molecule has 2 atom stereocenters. The largest absolute Gasteiger partial charge is 0.507 e. The number of hydrogen-bond acceptors (Lipinski definition) is 7. The number of benzene rings is 2. The lowest BCUT2D eigenvalue weighted by molar-refractivity contribution is -0.141. The second kappa shape index (κ2) is 13.3. The SMILES string of the molecule is C=CCN(C(=O)C(CC(N)=O)NC(=O)OC(C)(C)C)C(C(=O)Nc1ccc(OC)cc1)c1cccc(C)c1O. The fourth-order valence-corrected chi connectivity index (χ4v) is 3.75. The van der Waals surface area contributed by atoms with Crippen LogP contribution in [0.5, 0.6) is 11.5 Å². The highest BCUT2D eigenvalue weighted by molar-refractivity contribution is 6.00. The third kappa shape index (κ3) is 8.77. The van der Waals surface area contributed by atoms with E-state index in [1.807, 2.05) is 0 Å². The maximum Gasteiger partial charge on any atom is 0.408 e. The molecule has 0 aliphatic heterocycles. The Kier molecular flexibility index (Phi) is 10.5. The van der Waals surface area contributed by atoms with Crippen LogP contribution in [0.2, 0.25) is 0 Å². The van der Waals surface area contributed by atoms with Gasteiger partial charge in [0.25, 0.3) is 5.91 Å². The Morgan fingerprint density at radius 1 is 1.13 bits per heavy atom. The van der Waals surface area contributed by atoms with Crippen LogP contribution < -0.4 is 21.1 Å². The number of carbonyl (C=O) groups is 4. The van der Waals surface area contributed by atoms with Gasteiger partial charge >= 0.3 is 6.09 Å². The highest BCUT2D eigenvalue weighted by Gasteiger charge is 2.38. The summed E-state index contributed by atoms with van der Waals surface area (Å²) in [4.78, 5) is 53.0. The molecule has 11 heteroatoms. The smallest absolute Gasteiger partial charge is 0.408 e. The quantitative estimate of drug-likeness (QED) is 0.318. The van der Waals surface area contributed by atoms with Crippen LogP contribution in [-0.2, 0) is 19.1 Å². The summed E-state index contributed by atoms with van der Waals surface area (Å²) in [6, 6.07) is 8.48. The molecular weight excluding hydrogens is 504 g/mol. The second-order valence-corrected chi connectivity index (χ2v) is 9.78. The van der Waals surface area contributed by atoms with Gasteiger partial charge in [0.05, 0.1) is 13.5 Å². The zero-order valence-corrected chi connectivity index (χ0v) is 22.8. The molecule has 0 spiro atoms. The number of para-hydroxylation sites is 1. The van der Waals surface area contributed by atoms with E-state index in [9.17, 15) is 24.3 Å². The monoisotopic (exact) mass is 540 g/mol. The number of methoxy groups -OCH3 is 1. The molecule has 0 saturated heterocycles. The maximum atomic E-state index is 13.8. The second-order valence-electron chi connectivity index (χ2n) is 9.78. The summed E-state index contributed by atoms with van der Waals surface area (Å²) in [5.41, 5.74) is 5.51. The molecule has 0 aliphatic rings. The van der Waals surface area contributed by atoms with Crippen LogP contribution in [0.15, 0.2) is 55.1 Å². The zero-order chi connectivity index (χ0) is 29.3. The number of carbonyl (C=O) groups excluding carboxylic acids is 4. The van der Waals surface area contributed by atoms with Gasteiger partial charge in [0.1, 0.15) is 29.2 Å². The molecule has 5 N–H and O–H groups in total. The summed E-state index contributed by atoms with van der Waals surface area (Å²) in [5, 5.41) is 16.0. The van der Waals surface area contributed by atoms with Gasteiger partial charge in [-0.3, -0.25) is 14.4 Å². The van der Waals surface area contributed by atoms with Crippen LogP contribution in [0.4, 0.5) is 10.5 Å². The Hall–Kier alpha value is -4.54. The van der Waals surface area contributed by atoms with Gasteiger partial charge in [-0.25, -0.2) is 4.79 Å². The summed E-state index contributed by atoms with van der Waals surface area (Å²) < 4.78 is 10.4. The zero-order valence-electron chi connectivity index (χ0n) is 22.8. The third-order valence-electron chi connectivity index (χ3n) is 5.48. The van der Waals surface area contributed by atoms with E-state index in [4.69, 9.17) is 15.2 Å². The van der Waals surface area contributed by atoms with Gasteiger partial charge in [0, 0.05) is 17.8 Å². The molecule has 210 valence electrons. The number of nitrogens with one attached hydrogen (secondary N) is 2. The highest BCUT2D eigenvalue weighted by Crippen LogP contribution is 2.33. The van der Waals surface area contributed by atoms with E-state index in [2.05, 4.69) is 17.2 Å². The average molecular weight is 541 g/mol. The molecule has 0 aromatic heterocycles. The first-order valence-electron chi connectivity index (χ1n) is 12.2. The topological polar surface area (TPSA) is 160 Å². The molecule has 0 radical (unpaired) electrons. The Morgan fingerprint density at radius 2 is 1.77 bits per heavy atom. The molecule has 39 heavy (non-hydrogen) atoms. The van der Waals surface area contributed by atoms with Crippen molar-refractivity contribution >= 4 is 29.5 Å². The first-order chi connectivity index (χ1) is 18.3. The number of nitrogens with zero attached hydrogens (tertiary/aromatic N) is 1. The van der Waals surface area contributed by atoms with Crippen molar-refractivity contribution in [2.45, 2.75) is 51.8 Å². The van der Waals surface area contributed by atoms with Crippen LogP contribution in [0.1, 0.15) is 44.4 Å². The third-order valence-corrected chi connectivity index (χ3v) is 5.48. The molecule has 2 rings (SSSR count). The van der Waals surface area contributed by atoms with E-state index < -0.39 is 47.9 Å². The van der Waals surface area contributed by atoms with Crippen molar-refractivity contribution in [1.29, 1.82) is 0 Å². The van der Waals surface area contributed by atoms with Gasteiger partial charge in [-0.2, -0.15) is 0 Å². The summed E-state index contributed by atoms with van der Waals surface area (Å²) in [6.07, 6.45) is -0.121. The maximum absolute atomic E-state index is 13.8. The molecule has 4 amide bonds. The van der Waals surface area contributed by atoms with Crippen molar-refractivity contribution in [3.05, 3.63) is 66.2 Å². The van der Waals surface area contributed by atoms with Gasteiger partial charge < -0.3 is 35.8 Å². The number of alkyl carbamates (subject to hydrolysis) is 1. The summed E-state index contributed by atoms with van der Waals surface area (Å²) in [6.45, 7) is 10.1. The van der Waals surface area contributed by atoms with Crippen molar-refractivity contribution in [3.8, 4) is 11.5 Å². The molecule has 0 bridgehead atoms. The predicted octanol–water partition coefficient (Wildman–Crippen LogP) is 3.17. The molecule has 2 aromatic rings. The number of anilines is 1. The number of hydrogen-bond donors (Lipinski definition) is 4. The Balaban J connectivity index is 2.56. The van der Waals surface area contributed by atoms with Crippen molar-refractivity contribution in [2.24, 2.45) is 5.73 Å². The van der Waals surface area contributed by atoms with Crippen molar-refractivity contribution in [3.63, 3.8) is 0 Å². The Morgan fingerprint density at radius 3 is 2.31 bits per heavy atom. The highest BCUT2D eigenvalue weighted by atomic mass is 16.6. The van der Waals surface area contributed by atoms with Crippen LogP contribution in [-0.4, -0.2) is 59.1 Å². The number of amides is 4. The lowest BCUT2D eigenvalue weighted by Crippen LogP contribution is -2.53. The number of phenolic OH excluding ortho intramolecular Hbond substituents is 1. The minimum atomic E-state index is -1.46. The van der Waals surface area contributed by atoms with Gasteiger partial charge in [-0.1, -0.05) is 24.3 Å². The van der Waals surface area contributed by atoms with Crippen molar-refractivity contribution < 1.29 is 33.8 Å². The van der Waals surface area contributed by atoms with Gasteiger partial charge in [-0.05, 0) is 57.5 Å².